The maximum Gasteiger partial charge on any atom is 0.101 e. The Labute approximate surface area is 178 Å². The third-order valence-corrected chi connectivity index (χ3v) is 6.32. The molecule has 0 aromatic carbocycles. The van der Waals surface area contributed by atoms with Gasteiger partial charge < -0.3 is 9.80 Å². The highest BCUT2D eigenvalue weighted by Crippen LogP contribution is 2.23. The van der Waals surface area contributed by atoms with Crippen LogP contribution < -0.4 is 0 Å². The molecule has 1 aliphatic rings. The van der Waals surface area contributed by atoms with Gasteiger partial charge in [-0.1, -0.05) is 111 Å². The first-order chi connectivity index (χ1) is 13.8. The molecule has 0 aliphatic carbocycles. The molecule has 0 fully saturated rings. The standard InChI is InChI=1S/C26H52N2/c1-4-7-10-13-15-16-18-21-26-27(22-19-12-9-6-3)24-25-28(26)23-20-17-14-11-8-5-2/h24-26H,4-23H2,1-3H3. The first-order valence-electron chi connectivity index (χ1n) is 13.0. The molecule has 0 saturated carbocycles. The van der Waals surface area contributed by atoms with Crippen LogP contribution in [0.25, 0.3) is 0 Å². The van der Waals surface area contributed by atoms with E-state index in [1.165, 1.54) is 129 Å². The zero-order valence-corrected chi connectivity index (χ0v) is 19.8. The highest BCUT2D eigenvalue weighted by Gasteiger charge is 2.24. The van der Waals surface area contributed by atoms with Crippen molar-refractivity contribution < 1.29 is 0 Å². The number of hydrogen-bond donors (Lipinski definition) is 0. The second-order valence-corrected chi connectivity index (χ2v) is 8.99. The van der Waals surface area contributed by atoms with Crippen LogP contribution in [0.15, 0.2) is 12.4 Å². The summed E-state index contributed by atoms with van der Waals surface area (Å²) in [7, 11) is 0. The van der Waals surface area contributed by atoms with Gasteiger partial charge in [-0.2, -0.15) is 0 Å². The first-order valence-corrected chi connectivity index (χ1v) is 13.0. The molecule has 0 spiro atoms. The van der Waals surface area contributed by atoms with Crippen molar-refractivity contribution in [1.29, 1.82) is 0 Å². The topological polar surface area (TPSA) is 6.48 Å². The van der Waals surface area contributed by atoms with Gasteiger partial charge in [-0.3, -0.25) is 0 Å². The van der Waals surface area contributed by atoms with E-state index in [2.05, 4.69) is 43.0 Å². The van der Waals surface area contributed by atoms with Gasteiger partial charge in [-0.25, -0.2) is 0 Å². The van der Waals surface area contributed by atoms with Crippen LogP contribution in [0.2, 0.25) is 0 Å². The predicted octanol–water partition coefficient (Wildman–Crippen LogP) is 8.48. The summed E-state index contributed by atoms with van der Waals surface area (Å²) in [6.45, 7) is 9.43. The molecule has 1 rings (SSSR count). The van der Waals surface area contributed by atoms with Gasteiger partial charge in [-0.05, 0) is 25.7 Å². The first kappa shape index (κ1) is 25.4. The quantitative estimate of drug-likeness (QED) is 0.192. The lowest BCUT2D eigenvalue weighted by Crippen LogP contribution is -2.39. The minimum absolute atomic E-state index is 0.646. The van der Waals surface area contributed by atoms with Crippen molar-refractivity contribution in [2.45, 2.75) is 143 Å². The minimum Gasteiger partial charge on any atom is -0.356 e. The lowest BCUT2D eigenvalue weighted by atomic mass is 10.1. The summed E-state index contributed by atoms with van der Waals surface area (Å²) < 4.78 is 0. The molecular formula is C26H52N2. The van der Waals surface area contributed by atoms with E-state index in [9.17, 15) is 0 Å². The number of unbranched alkanes of at least 4 members (excludes halogenated alkanes) is 14. The number of hydrogen-bond acceptors (Lipinski definition) is 2. The predicted molar refractivity (Wildman–Crippen MR) is 126 cm³/mol. The van der Waals surface area contributed by atoms with E-state index in [-0.39, 0.29) is 0 Å². The Morgan fingerprint density at radius 2 is 0.821 bits per heavy atom. The molecule has 0 aromatic heterocycles. The Morgan fingerprint density at radius 3 is 1.29 bits per heavy atom. The largest absolute Gasteiger partial charge is 0.356 e. The van der Waals surface area contributed by atoms with Crippen LogP contribution in [0.4, 0.5) is 0 Å². The van der Waals surface area contributed by atoms with E-state index in [1.54, 1.807) is 0 Å². The summed E-state index contributed by atoms with van der Waals surface area (Å²) in [4.78, 5) is 5.32. The third kappa shape index (κ3) is 12.0. The molecule has 0 radical (unpaired) electrons. The maximum atomic E-state index is 2.66. The van der Waals surface area contributed by atoms with E-state index < -0.39 is 0 Å². The summed E-state index contributed by atoms with van der Waals surface area (Å²) in [5.41, 5.74) is 0. The summed E-state index contributed by atoms with van der Waals surface area (Å²) >= 11 is 0. The molecule has 1 atom stereocenters. The van der Waals surface area contributed by atoms with Gasteiger partial charge in [0.05, 0.1) is 0 Å². The molecule has 2 heteroatoms. The monoisotopic (exact) mass is 392 g/mol. The molecule has 28 heavy (non-hydrogen) atoms. The summed E-state index contributed by atoms with van der Waals surface area (Å²) in [5, 5.41) is 0. The van der Waals surface area contributed by atoms with Crippen LogP contribution in [0.3, 0.4) is 0 Å². The molecule has 0 aromatic rings. The molecule has 1 heterocycles. The van der Waals surface area contributed by atoms with Gasteiger partial charge in [0, 0.05) is 25.5 Å². The zero-order chi connectivity index (χ0) is 20.3. The van der Waals surface area contributed by atoms with Crippen LogP contribution in [0, 0.1) is 0 Å². The Hall–Kier alpha value is -0.660. The lowest BCUT2D eigenvalue weighted by molar-refractivity contribution is 0.135. The number of rotatable bonds is 20. The lowest BCUT2D eigenvalue weighted by Gasteiger charge is -2.33. The van der Waals surface area contributed by atoms with Crippen LogP contribution in [-0.4, -0.2) is 29.1 Å². The van der Waals surface area contributed by atoms with Gasteiger partial charge in [0.15, 0.2) is 0 Å². The molecule has 2 nitrogen and oxygen atoms in total. The summed E-state index contributed by atoms with van der Waals surface area (Å²) in [5.74, 6) is 0. The molecule has 0 saturated heterocycles. The smallest absolute Gasteiger partial charge is 0.101 e. The van der Waals surface area contributed by atoms with Crippen molar-refractivity contribution in [3.05, 3.63) is 12.4 Å². The van der Waals surface area contributed by atoms with Gasteiger partial charge in [0.2, 0.25) is 0 Å². The fourth-order valence-corrected chi connectivity index (χ4v) is 4.42. The Kier molecular flexibility index (Phi) is 16.7. The van der Waals surface area contributed by atoms with Crippen molar-refractivity contribution in [3.8, 4) is 0 Å². The second kappa shape index (κ2) is 18.4. The molecule has 166 valence electrons. The average Bonchev–Trinajstić information content (AvgIpc) is 3.09. The maximum absolute atomic E-state index is 2.66. The molecular weight excluding hydrogens is 340 g/mol. The SMILES string of the molecule is CCCCCCCCCC1N(CCCCCC)C=CN1CCCCCCCC. The highest BCUT2D eigenvalue weighted by molar-refractivity contribution is 4.96. The van der Waals surface area contributed by atoms with E-state index in [4.69, 9.17) is 0 Å². The van der Waals surface area contributed by atoms with E-state index in [0.717, 1.165) is 0 Å². The summed E-state index contributed by atoms with van der Waals surface area (Å²) in [6.07, 6.45) is 30.6. The summed E-state index contributed by atoms with van der Waals surface area (Å²) in [6, 6.07) is 0. The van der Waals surface area contributed by atoms with E-state index in [0.29, 0.717) is 6.17 Å². The van der Waals surface area contributed by atoms with Crippen molar-refractivity contribution >= 4 is 0 Å². The van der Waals surface area contributed by atoms with Crippen LogP contribution in [-0.2, 0) is 0 Å². The molecule has 0 N–H and O–H groups in total. The fraction of sp³-hybridized carbons (Fsp3) is 0.923. The Balaban J connectivity index is 2.30. The normalized spacial score (nSPS) is 16.5. The van der Waals surface area contributed by atoms with Crippen molar-refractivity contribution in [2.24, 2.45) is 0 Å². The Morgan fingerprint density at radius 1 is 0.464 bits per heavy atom. The third-order valence-electron chi connectivity index (χ3n) is 6.32. The average molecular weight is 393 g/mol. The number of nitrogens with zero attached hydrogens (tertiary/aromatic N) is 2. The fourth-order valence-electron chi connectivity index (χ4n) is 4.42. The molecule has 0 amide bonds. The van der Waals surface area contributed by atoms with Crippen LogP contribution in [0.1, 0.15) is 136 Å². The van der Waals surface area contributed by atoms with E-state index >= 15 is 0 Å². The zero-order valence-electron chi connectivity index (χ0n) is 19.8. The molecule has 0 bridgehead atoms. The molecule has 1 aliphatic heterocycles. The van der Waals surface area contributed by atoms with Gasteiger partial charge >= 0.3 is 0 Å². The van der Waals surface area contributed by atoms with Crippen molar-refractivity contribution in [1.82, 2.24) is 9.80 Å². The van der Waals surface area contributed by atoms with Gasteiger partial charge in [0.1, 0.15) is 6.17 Å². The Bertz CT molecular complexity index is 352. The minimum atomic E-state index is 0.646. The highest BCUT2D eigenvalue weighted by atomic mass is 15.4. The van der Waals surface area contributed by atoms with Gasteiger partial charge in [-0.15, -0.1) is 0 Å². The van der Waals surface area contributed by atoms with Crippen LogP contribution in [0.5, 0.6) is 0 Å². The van der Waals surface area contributed by atoms with Gasteiger partial charge in [0.25, 0.3) is 0 Å². The van der Waals surface area contributed by atoms with Crippen molar-refractivity contribution in [2.75, 3.05) is 13.1 Å². The van der Waals surface area contributed by atoms with E-state index in [1.807, 2.05) is 0 Å². The second-order valence-electron chi connectivity index (χ2n) is 8.99. The van der Waals surface area contributed by atoms with Crippen LogP contribution >= 0.6 is 0 Å². The molecule has 1 unspecified atom stereocenters. The van der Waals surface area contributed by atoms with Crippen molar-refractivity contribution in [3.63, 3.8) is 0 Å².